The largest absolute Gasteiger partial charge is 0.508 e. The Balaban J connectivity index is 1.39. The van der Waals surface area contributed by atoms with Gasteiger partial charge in [0.1, 0.15) is 23.1 Å². The molecule has 0 aliphatic rings. The van der Waals surface area contributed by atoms with Crippen LogP contribution in [0, 0.1) is 0 Å². The summed E-state index contributed by atoms with van der Waals surface area (Å²) in [7, 11) is 0. The van der Waals surface area contributed by atoms with Crippen LogP contribution < -0.4 is 5.32 Å². The lowest BCUT2D eigenvalue weighted by Crippen LogP contribution is -2.42. The predicted octanol–water partition coefficient (Wildman–Crippen LogP) is 5.38. The Morgan fingerprint density at radius 2 is 1.68 bits per heavy atom. The number of nitrogens with one attached hydrogen (secondary N) is 1. The zero-order valence-corrected chi connectivity index (χ0v) is 21.0. The van der Waals surface area contributed by atoms with E-state index in [4.69, 9.17) is 11.6 Å². The van der Waals surface area contributed by atoms with Gasteiger partial charge in [-0.3, -0.25) is 9.20 Å². The molecule has 0 unspecified atom stereocenters. The van der Waals surface area contributed by atoms with Crippen LogP contribution in [0.2, 0.25) is 5.02 Å². The van der Waals surface area contributed by atoms with E-state index in [2.05, 4.69) is 10.3 Å². The number of imidazole rings is 1. The number of phenols is 1. The van der Waals surface area contributed by atoms with E-state index in [1.165, 1.54) is 6.07 Å². The molecule has 5 rings (SSSR count). The number of rotatable bonds is 8. The number of hydrogen-bond acceptors (Lipinski definition) is 4. The van der Waals surface area contributed by atoms with Gasteiger partial charge in [0.05, 0.1) is 5.69 Å². The van der Waals surface area contributed by atoms with Gasteiger partial charge in [-0.1, -0.05) is 66.2 Å². The lowest BCUT2D eigenvalue weighted by atomic mass is 9.95. The average Bonchev–Trinajstić information content (AvgIpc) is 3.35. The number of carbonyl (C=O) groups excluding carboxylic acids is 1. The van der Waals surface area contributed by atoms with E-state index in [0.717, 1.165) is 27.9 Å². The van der Waals surface area contributed by atoms with E-state index < -0.39 is 17.9 Å². The van der Waals surface area contributed by atoms with Crippen LogP contribution in [0.25, 0.3) is 16.9 Å². The van der Waals surface area contributed by atoms with Crippen LogP contribution in [0.5, 0.6) is 5.75 Å². The molecule has 0 saturated carbocycles. The van der Waals surface area contributed by atoms with E-state index in [9.17, 15) is 19.8 Å². The highest BCUT2D eigenvalue weighted by Crippen LogP contribution is 2.24. The van der Waals surface area contributed by atoms with Crippen molar-refractivity contribution in [2.45, 2.75) is 18.9 Å². The fourth-order valence-electron chi connectivity index (χ4n) is 4.42. The fourth-order valence-corrected chi connectivity index (χ4v) is 4.55. The van der Waals surface area contributed by atoms with E-state index in [1.54, 1.807) is 40.9 Å². The molecule has 2 heterocycles. The van der Waals surface area contributed by atoms with Gasteiger partial charge in [-0.05, 0) is 65.1 Å². The molecule has 0 saturated heterocycles. The number of carboxylic acids is 1. The second kappa shape index (κ2) is 10.8. The van der Waals surface area contributed by atoms with E-state index in [1.807, 2.05) is 54.6 Å². The van der Waals surface area contributed by atoms with Gasteiger partial charge >= 0.3 is 5.97 Å². The van der Waals surface area contributed by atoms with E-state index in [-0.39, 0.29) is 17.9 Å². The number of aromatic hydroxyl groups is 1. The lowest BCUT2D eigenvalue weighted by molar-refractivity contribution is -0.139. The number of carboxylic acid groups (broad SMARTS) is 1. The van der Waals surface area contributed by atoms with Crippen LogP contribution in [0.15, 0.2) is 97.2 Å². The van der Waals surface area contributed by atoms with Crippen molar-refractivity contribution >= 4 is 29.1 Å². The van der Waals surface area contributed by atoms with Gasteiger partial charge in [-0.2, -0.15) is 0 Å². The Kier molecular flexibility index (Phi) is 7.11. The number of aliphatic carboxylic acids is 1. The molecule has 3 aromatic carbocycles. The third kappa shape index (κ3) is 5.53. The summed E-state index contributed by atoms with van der Waals surface area (Å²) in [5, 5.41) is 23.2. The predicted molar refractivity (Wildman–Crippen MR) is 146 cm³/mol. The molecule has 0 aliphatic heterocycles. The highest BCUT2D eigenvalue weighted by Gasteiger charge is 2.24. The Morgan fingerprint density at radius 1 is 0.921 bits per heavy atom. The van der Waals surface area contributed by atoms with Gasteiger partial charge in [0.2, 0.25) is 0 Å². The molecule has 0 radical (unpaired) electrons. The van der Waals surface area contributed by atoms with Crippen LogP contribution >= 0.6 is 11.6 Å². The van der Waals surface area contributed by atoms with Crippen molar-refractivity contribution in [2.75, 3.05) is 0 Å². The zero-order valence-electron chi connectivity index (χ0n) is 20.2. The van der Waals surface area contributed by atoms with Crippen molar-refractivity contribution in [1.29, 1.82) is 0 Å². The molecule has 0 spiro atoms. The summed E-state index contributed by atoms with van der Waals surface area (Å²) in [4.78, 5) is 29.7. The second-order valence-electron chi connectivity index (χ2n) is 8.96. The molecule has 190 valence electrons. The standard InChI is InChI=1S/C30H24ClN3O4/c31-23-12-9-20(10-13-23)27-7-4-8-28-32-26(18-34(27)28)29(36)33-25(30(37)38)17-21-11-14-24(35)16-22(21)15-19-5-2-1-3-6-19/h1-14,16,18,25,35H,15,17H2,(H,33,36)(H,37,38)/t25-/m0/s1. The summed E-state index contributed by atoms with van der Waals surface area (Å²) in [5.74, 6) is -1.66. The minimum Gasteiger partial charge on any atom is -0.508 e. The zero-order chi connectivity index (χ0) is 26.6. The van der Waals surface area contributed by atoms with Crippen molar-refractivity contribution < 1.29 is 19.8 Å². The summed E-state index contributed by atoms with van der Waals surface area (Å²) in [6.45, 7) is 0. The van der Waals surface area contributed by atoms with Gasteiger partial charge in [-0.15, -0.1) is 0 Å². The van der Waals surface area contributed by atoms with Gasteiger partial charge < -0.3 is 15.5 Å². The molecule has 3 N–H and O–H groups in total. The van der Waals surface area contributed by atoms with E-state index >= 15 is 0 Å². The van der Waals surface area contributed by atoms with Gasteiger partial charge in [0.15, 0.2) is 0 Å². The van der Waals surface area contributed by atoms with Crippen molar-refractivity contribution in [3.8, 4) is 17.0 Å². The molecule has 0 aliphatic carbocycles. The molecular weight excluding hydrogens is 502 g/mol. The first-order valence-corrected chi connectivity index (χ1v) is 12.4. The first-order chi connectivity index (χ1) is 18.4. The molecule has 0 bridgehead atoms. The first-order valence-electron chi connectivity index (χ1n) is 12.0. The number of aromatic nitrogens is 2. The highest BCUT2D eigenvalue weighted by atomic mass is 35.5. The van der Waals surface area contributed by atoms with Crippen LogP contribution in [0.1, 0.15) is 27.2 Å². The minimum atomic E-state index is -1.19. The number of carbonyl (C=O) groups is 2. The van der Waals surface area contributed by atoms with Crippen molar-refractivity contribution in [3.63, 3.8) is 0 Å². The first kappa shape index (κ1) is 25.0. The number of halogens is 1. The Hall–Kier alpha value is -4.62. The number of hydrogen-bond donors (Lipinski definition) is 3. The number of fused-ring (bicyclic) bond motifs is 1. The third-order valence-electron chi connectivity index (χ3n) is 6.32. The monoisotopic (exact) mass is 525 g/mol. The van der Waals surface area contributed by atoms with Crippen LogP contribution in [-0.2, 0) is 17.6 Å². The number of benzene rings is 3. The van der Waals surface area contributed by atoms with Gasteiger partial charge in [-0.25, -0.2) is 9.78 Å². The number of pyridine rings is 1. The van der Waals surface area contributed by atoms with Crippen LogP contribution in [0.4, 0.5) is 0 Å². The molecule has 5 aromatic rings. The molecule has 1 amide bonds. The SMILES string of the molecule is O=C(N[C@@H](Cc1ccc(O)cc1Cc1ccccc1)C(=O)O)c1cn2c(-c3ccc(Cl)cc3)cccc2n1. The third-order valence-corrected chi connectivity index (χ3v) is 6.57. The maximum Gasteiger partial charge on any atom is 0.326 e. The summed E-state index contributed by atoms with van der Waals surface area (Å²) < 4.78 is 1.78. The number of amides is 1. The Labute approximate surface area is 224 Å². The second-order valence-corrected chi connectivity index (χ2v) is 9.39. The van der Waals surface area contributed by atoms with Crippen molar-refractivity contribution in [2.24, 2.45) is 0 Å². The summed E-state index contributed by atoms with van der Waals surface area (Å²) in [6.07, 6.45) is 2.16. The topological polar surface area (TPSA) is 104 Å². The van der Waals surface area contributed by atoms with E-state index in [0.29, 0.717) is 17.1 Å². The Bertz CT molecular complexity index is 1610. The molecule has 38 heavy (non-hydrogen) atoms. The summed E-state index contributed by atoms with van der Waals surface area (Å²) >= 11 is 6.02. The van der Waals surface area contributed by atoms with Crippen LogP contribution in [0.3, 0.4) is 0 Å². The Morgan fingerprint density at radius 3 is 2.42 bits per heavy atom. The molecule has 0 fully saturated rings. The van der Waals surface area contributed by atoms with Gasteiger partial charge in [0, 0.05) is 17.6 Å². The molecule has 2 aromatic heterocycles. The van der Waals surface area contributed by atoms with Crippen molar-refractivity contribution in [1.82, 2.24) is 14.7 Å². The maximum atomic E-state index is 13.1. The summed E-state index contributed by atoms with van der Waals surface area (Å²) in [6, 6.07) is 26.2. The summed E-state index contributed by atoms with van der Waals surface area (Å²) in [5.41, 5.74) is 4.90. The number of phenolic OH excluding ortho intramolecular Hbond substituents is 1. The lowest BCUT2D eigenvalue weighted by Gasteiger charge is -2.17. The van der Waals surface area contributed by atoms with Crippen LogP contribution in [-0.4, -0.2) is 37.5 Å². The van der Waals surface area contributed by atoms with Gasteiger partial charge in [0.25, 0.3) is 5.91 Å². The maximum absolute atomic E-state index is 13.1. The molecule has 1 atom stereocenters. The molecular formula is C30H24ClN3O4. The molecule has 7 nitrogen and oxygen atoms in total. The normalized spacial score (nSPS) is 11.8. The average molecular weight is 526 g/mol. The minimum absolute atomic E-state index is 0.0485. The highest BCUT2D eigenvalue weighted by molar-refractivity contribution is 6.30. The molecule has 8 heteroatoms. The quantitative estimate of drug-likeness (QED) is 0.252. The number of nitrogens with zero attached hydrogens (tertiary/aromatic N) is 2. The van der Waals surface area contributed by atoms with Crippen molar-refractivity contribution in [3.05, 3.63) is 125 Å². The smallest absolute Gasteiger partial charge is 0.326 e. The fraction of sp³-hybridized carbons (Fsp3) is 0.100.